The van der Waals surface area contributed by atoms with Gasteiger partial charge in [0.1, 0.15) is 5.69 Å². The van der Waals surface area contributed by atoms with E-state index in [1.54, 1.807) is 0 Å². The SMILES string of the molecule is FC(F)(F)c1ccc(-c2c(Cl)c(Cl)c(Cl)c(Cl)c2Cl)c(C(F)(F)F)n1. The topological polar surface area (TPSA) is 12.9 Å². The lowest BCUT2D eigenvalue weighted by Crippen LogP contribution is -2.16. The molecule has 1 heterocycles. The zero-order valence-electron chi connectivity index (χ0n) is 11.3. The number of alkyl halides is 6. The largest absolute Gasteiger partial charge is 0.433 e. The summed E-state index contributed by atoms with van der Waals surface area (Å²) in [6.45, 7) is 0. The quantitative estimate of drug-likeness (QED) is 0.237. The first-order valence-electron chi connectivity index (χ1n) is 5.94. The molecule has 0 aliphatic rings. The highest BCUT2D eigenvalue weighted by atomic mass is 35.5. The molecule has 2 rings (SSSR count). The Morgan fingerprint density at radius 3 is 1.48 bits per heavy atom. The molecule has 1 nitrogen and oxygen atoms in total. The lowest BCUT2D eigenvalue weighted by atomic mass is 10.0. The van der Waals surface area contributed by atoms with E-state index in [-0.39, 0.29) is 5.02 Å². The van der Waals surface area contributed by atoms with E-state index in [4.69, 9.17) is 58.0 Å². The van der Waals surface area contributed by atoms with Crippen molar-refractivity contribution >= 4 is 58.0 Å². The van der Waals surface area contributed by atoms with Crippen molar-refractivity contribution in [2.45, 2.75) is 12.4 Å². The molecule has 0 spiro atoms. The number of nitrogens with zero attached hydrogens (tertiary/aromatic N) is 1. The fourth-order valence-corrected chi connectivity index (χ4v) is 3.22. The van der Waals surface area contributed by atoms with E-state index in [0.717, 1.165) is 0 Å². The summed E-state index contributed by atoms with van der Waals surface area (Å²) in [4.78, 5) is 2.67. The Kier molecular flexibility index (Phi) is 5.67. The van der Waals surface area contributed by atoms with Crippen LogP contribution in [-0.2, 0) is 12.4 Å². The van der Waals surface area contributed by atoms with Crippen LogP contribution in [0.4, 0.5) is 26.3 Å². The van der Waals surface area contributed by atoms with Crippen molar-refractivity contribution < 1.29 is 26.3 Å². The average Bonchev–Trinajstić information content (AvgIpc) is 2.49. The number of benzene rings is 1. The van der Waals surface area contributed by atoms with Crippen LogP contribution < -0.4 is 0 Å². The molecule has 25 heavy (non-hydrogen) atoms. The predicted octanol–water partition coefficient (Wildman–Crippen LogP) is 8.05. The molecular weight excluding hydrogens is 461 g/mol. The first-order valence-corrected chi connectivity index (χ1v) is 7.83. The number of pyridine rings is 1. The molecule has 0 bridgehead atoms. The highest BCUT2D eigenvalue weighted by molar-refractivity contribution is 6.56. The Morgan fingerprint density at radius 1 is 0.640 bits per heavy atom. The Morgan fingerprint density at radius 2 is 1.08 bits per heavy atom. The van der Waals surface area contributed by atoms with E-state index in [1.807, 2.05) is 0 Å². The van der Waals surface area contributed by atoms with E-state index >= 15 is 0 Å². The van der Waals surface area contributed by atoms with Crippen molar-refractivity contribution in [3.05, 3.63) is 48.6 Å². The summed E-state index contributed by atoms with van der Waals surface area (Å²) < 4.78 is 77.8. The molecule has 0 saturated carbocycles. The summed E-state index contributed by atoms with van der Waals surface area (Å²) in [5.74, 6) is 0. The molecule has 0 saturated heterocycles. The molecule has 12 heteroatoms. The summed E-state index contributed by atoms with van der Waals surface area (Å²) in [5.41, 5.74) is -4.94. The van der Waals surface area contributed by atoms with Crippen LogP contribution in [0.3, 0.4) is 0 Å². The monoisotopic (exact) mass is 461 g/mol. The van der Waals surface area contributed by atoms with Gasteiger partial charge in [0.05, 0.1) is 25.1 Å². The van der Waals surface area contributed by atoms with Gasteiger partial charge in [0, 0.05) is 11.1 Å². The van der Waals surface area contributed by atoms with Crippen LogP contribution in [0.1, 0.15) is 11.4 Å². The van der Waals surface area contributed by atoms with Crippen LogP contribution in [0.25, 0.3) is 11.1 Å². The van der Waals surface area contributed by atoms with Gasteiger partial charge in [-0.05, 0) is 12.1 Å². The van der Waals surface area contributed by atoms with Crippen molar-refractivity contribution in [3.63, 3.8) is 0 Å². The van der Waals surface area contributed by atoms with Gasteiger partial charge < -0.3 is 0 Å². The predicted molar refractivity (Wildman–Crippen MR) is 84.7 cm³/mol. The van der Waals surface area contributed by atoms with E-state index in [0.29, 0.717) is 12.1 Å². The smallest absolute Gasteiger partial charge is 0.238 e. The molecule has 0 radical (unpaired) electrons. The van der Waals surface area contributed by atoms with Crippen molar-refractivity contribution in [2.24, 2.45) is 0 Å². The highest BCUT2D eigenvalue weighted by Crippen LogP contribution is 2.50. The maximum absolute atomic E-state index is 13.2. The molecule has 2 aromatic rings. The van der Waals surface area contributed by atoms with Gasteiger partial charge in [-0.2, -0.15) is 26.3 Å². The van der Waals surface area contributed by atoms with Gasteiger partial charge in [-0.25, -0.2) is 4.98 Å². The van der Waals surface area contributed by atoms with Crippen LogP contribution in [0, 0.1) is 0 Å². The van der Waals surface area contributed by atoms with Crippen LogP contribution in [0.2, 0.25) is 25.1 Å². The summed E-state index contributed by atoms with van der Waals surface area (Å²) in [5, 5.41) is -2.13. The van der Waals surface area contributed by atoms with Gasteiger partial charge in [-0.1, -0.05) is 58.0 Å². The fraction of sp³-hybridized carbons (Fsp3) is 0.154. The number of aromatic nitrogens is 1. The molecule has 0 N–H and O–H groups in total. The number of hydrogen-bond acceptors (Lipinski definition) is 1. The van der Waals surface area contributed by atoms with Crippen LogP contribution in [-0.4, -0.2) is 4.98 Å². The molecule has 0 amide bonds. The maximum atomic E-state index is 13.2. The highest BCUT2D eigenvalue weighted by Gasteiger charge is 2.41. The molecule has 0 unspecified atom stereocenters. The van der Waals surface area contributed by atoms with Crippen molar-refractivity contribution in [1.82, 2.24) is 4.98 Å². The summed E-state index contributed by atoms with van der Waals surface area (Å²) in [7, 11) is 0. The minimum atomic E-state index is -5.23. The van der Waals surface area contributed by atoms with Gasteiger partial charge in [0.15, 0.2) is 5.69 Å². The first-order chi connectivity index (χ1) is 11.3. The second-order valence-electron chi connectivity index (χ2n) is 4.53. The Hall–Kier alpha value is -0.600. The van der Waals surface area contributed by atoms with Crippen molar-refractivity contribution in [1.29, 1.82) is 0 Å². The van der Waals surface area contributed by atoms with E-state index in [1.165, 1.54) is 0 Å². The zero-order valence-corrected chi connectivity index (χ0v) is 15.0. The number of hydrogen-bond donors (Lipinski definition) is 0. The second-order valence-corrected chi connectivity index (χ2v) is 6.42. The van der Waals surface area contributed by atoms with E-state index in [2.05, 4.69) is 4.98 Å². The molecule has 0 fully saturated rings. The van der Waals surface area contributed by atoms with Crippen molar-refractivity contribution in [2.75, 3.05) is 0 Å². The minimum Gasteiger partial charge on any atom is -0.238 e. The first kappa shape index (κ1) is 20.7. The van der Waals surface area contributed by atoms with Gasteiger partial charge in [-0.3, -0.25) is 0 Å². The average molecular weight is 463 g/mol. The lowest BCUT2D eigenvalue weighted by molar-refractivity contribution is -0.149. The number of rotatable bonds is 1. The van der Waals surface area contributed by atoms with Crippen LogP contribution >= 0.6 is 58.0 Å². The molecule has 0 atom stereocenters. The normalized spacial score (nSPS) is 12.6. The third kappa shape index (κ3) is 3.90. The fourth-order valence-electron chi connectivity index (χ4n) is 1.88. The number of halogens is 11. The van der Waals surface area contributed by atoms with Crippen molar-refractivity contribution in [3.8, 4) is 11.1 Å². The minimum absolute atomic E-state index is 0.310. The molecule has 1 aromatic carbocycles. The summed E-state index contributed by atoms with van der Waals surface area (Å²) in [6, 6.07) is 0.889. The lowest BCUT2D eigenvalue weighted by Gasteiger charge is -2.18. The standard InChI is InChI=1S/C13H2Cl5F6N/c14-6-5(7(15)9(17)10(18)8(6)16)3-1-2-4(12(19,20)21)25-11(3)13(22,23)24/h1-2H. The molecule has 0 aliphatic carbocycles. The Balaban J connectivity index is 2.90. The van der Waals surface area contributed by atoms with Crippen LogP contribution in [0.5, 0.6) is 0 Å². The Labute approximate surface area is 161 Å². The molecule has 1 aromatic heterocycles. The Bertz CT molecular complexity index is 817. The van der Waals surface area contributed by atoms with Crippen LogP contribution in [0.15, 0.2) is 12.1 Å². The molecular formula is C13H2Cl5F6N. The maximum Gasteiger partial charge on any atom is 0.433 e. The van der Waals surface area contributed by atoms with Gasteiger partial charge >= 0.3 is 12.4 Å². The summed E-state index contributed by atoms with van der Waals surface area (Å²) in [6.07, 6.45) is -10.3. The molecule has 136 valence electrons. The third-order valence-electron chi connectivity index (χ3n) is 2.93. The summed E-state index contributed by atoms with van der Waals surface area (Å²) >= 11 is 29.1. The zero-order chi connectivity index (χ0) is 19.3. The van der Waals surface area contributed by atoms with Gasteiger partial charge in [0.25, 0.3) is 0 Å². The van der Waals surface area contributed by atoms with E-state index in [9.17, 15) is 26.3 Å². The second kappa shape index (κ2) is 6.85. The third-order valence-corrected chi connectivity index (χ3v) is 5.21. The van der Waals surface area contributed by atoms with Gasteiger partial charge in [-0.15, -0.1) is 0 Å². The van der Waals surface area contributed by atoms with E-state index < -0.39 is 55.0 Å². The molecule has 0 aliphatic heterocycles. The van der Waals surface area contributed by atoms with Gasteiger partial charge in [0.2, 0.25) is 0 Å².